The minimum atomic E-state index is -0.604. The number of hydrogen-bond acceptors (Lipinski definition) is 10. The minimum Gasteiger partial charge on any atom is -0.423 e. The molecule has 0 radical (unpaired) electrons. The monoisotopic (exact) mass is 552 g/mol. The van der Waals surface area contributed by atoms with Crippen LogP contribution in [-0.2, 0) is 28.8 Å². The Morgan fingerprint density at radius 2 is 0.875 bits per heavy atom. The quantitative estimate of drug-likeness (QED) is 0.183. The number of ether oxygens (including phenoxy) is 4. The molecule has 2 rings (SSSR count). The summed E-state index contributed by atoms with van der Waals surface area (Å²) in [4.78, 5) is 69.3. The molecule has 0 aliphatic heterocycles. The fraction of sp³-hybridized carbons (Fsp3) is 0.214. The summed E-state index contributed by atoms with van der Waals surface area (Å²) in [5, 5.41) is 5.21. The van der Waals surface area contributed by atoms with Crippen molar-refractivity contribution in [3.05, 3.63) is 59.7 Å². The highest BCUT2D eigenvalue weighted by Gasteiger charge is 2.12. The lowest BCUT2D eigenvalue weighted by molar-refractivity contribution is -0.134. The summed E-state index contributed by atoms with van der Waals surface area (Å²) in [6, 6.07) is 8.89. The van der Waals surface area contributed by atoms with Crippen molar-refractivity contribution in [3.8, 4) is 23.0 Å². The van der Waals surface area contributed by atoms with E-state index in [1.807, 2.05) is 0 Å². The zero-order chi connectivity index (χ0) is 29.7. The van der Waals surface area contributed by atoms with E-state index in [2.05, 4.69) is 10.6 Å². The molecule has 0 aromatic heterocycles. The van der Waals surface area contributed by atoms with Crippen LogP contribution in [0.1, 0.15) is 38.8 Å². The fourth-order valence-electron chi connectivity index (χ4n) is 3.04. The van der Waals surface area contributed by atoms with Gasteiger partial charge in [-0.25, -0.2) is 0 Å². The van der Waals surface area contributed by atoms with Gasteiger partial charge < -0.3 is 29.6 Å². The van der Waals surface area contributed by atoms with E-state index in [1.165, 1.54) is 76.3 Å². The van der Waals surface area contributed by atoms with Crippen LogP contribution in [0.4, 0.5) is 0 Å². The van der Waals surface area contributed by atoms with Crippen LogP contribution in [0.5, 0.6) is 23.0 Å². The zero-order valence-corrected chi connectivity index (χ0v) is 22.3. The van der Waals surface area contributed by atoms with Gasteiger partial charge in [0.25, 0.3) is 0 Å². The Balaban J connectivity index is 1.87. The first-order chi connectivity index (χ1) is 18.9. The maximum Gasteiger partial charge on any atom is 0.308 e. The van der Waals surface area contributed by atoms with E-state index in [4.69, 9.17) is 18.9 Å². The number of carbonyl (C=O) groups is 6. The van der Waals surface area contributed by atoms with Crippen molar-refractivity contribution in [2.45, 2.75) is 27.7 Å². The molecule has 2 amide bonds. The standard InChI is InChI=1S/C28H28N2O10/c1-17(31)37-23-9-5-21(15-25(23)39-19(3)33)7-11-27(35)29-13-14-30-28(36)12-8-22-6-10-24(38-18(2)32)26(16-22)40-20(4)34/h5-12,15-16H,13-14H2,1-4H3,(H,29,35)(H,30,36)/b11-7+,12-8+. The van der Waals surface area contributed by atoms with E-state index in [-0.39, 0.29) is 36.1 Å². The molecule has 40 heavy (non-hydrogen) atoms. The molecule has 0 unspecified atom stereocenters. The molecule has 0 saturated heterocycles. The van der Waals surface area contributed by atoms with E-state index < -0.39 is 35.7 Å². The van der Waals surface area contributed by atoms with Gasteiger partial charge in [0.15, 0.2) is 23.0 Å². The number of benzene rings is 2. The molecule has 2 aromatic carbocycles. The van der Waals surface area contributed by atoms with E-state index in [9.17, 15) is 28.8 Å². The zero-order valence-electron chi connectivity index (χ0n) is 22.3. The summed E-state index contributed by atoms with van der Waals surface area (Å²) in [6.45, 7) is 5.11. The lowest BCUT2D eigenvalue weighted by Gasteiger charge is -2.09. The highest BCUT2D eigenvalue weighted by molar-refractivity contribution is 5.93. The van der Waals surface area contributed by atoms with Gasteiger partial charge >= 0.3 is 23.9 Å². The normalized spacial score (nSPS) is 10.6. The van der Waals surface area contributed by atoms with Gasteiger partial charge in [-0.3, -0.25) is 28.8 Å². The van der Waals surface area contributed by atoms with Crippen molar-refractivity contribution >= 4 is 47.8 Å². The van der Waals surface area contributed by atoms with Crippen LogP contribution in [0.15, 0.2) is 48.6 Å². The molecule has 0 bridgehead atoms. The van der Waals surface area contributed by atoms with Gasteiger partial charge in [0.2, 0.25) is 11.8 Å². The molecule has 0 saturated carbocycles. The number of rotatable bonds is 11. The van der Waals surface area contributed by atoms with Crippen LogP contribution in [0.2, 0.25) is 0 Å². The second-order valence-corrected chi connectivity index (χ2v) is 8.04. The lowest BCUT2D eigenvalue weighted by atomic mass is 10.2. The highest BCUT2D eigenvalue weighted by Crippen LogP contribution is 2.30. The molecule has 0 fully saturated rings. The average Bonchev–Trinajstić information content (AvgIpc) is 2.85. The Hall–Kier alpha value is -5.26. The molecule has 12 heteroatoms. The van der Waals surface area contributed by atoms with Crippen molar-refractivity contribution in [1.29, 1.82) is 0 Å². The smallest absolute Gasteiger partial charge is 0.308 e. The van der Waals surface area contributed by atoms with Crippen LogP contribution < -0.4 is 29.6 Å². The number of nitrogens with one attached hydrogen (secondary N) is 2. The van der Waals surface area contributed by atoms with E-state index in [0.717, 1.165) is 0 Å². The third kappa shape index (κ3) is 11.4. The van der Waals surface area contributed by atoms with Crippen LogP contribution in [-0.4, -0.2) is 48.8 Å². The first-order valence-corrected chi connectivity index (χ1v) is 11.9. The Labute approximate surface area is 229 Å². The van der Waals surface area contributed by atoms with Gasteiger partial charge in [-0.15, -0.1) is 0 Å². The predicted molar refractivity (Wildman–Crippen MR) is 142 cm³/mol. The maximum atomic E-state index is 12.1. The van der Waals surface area contributed by atoms with E-state index >= 15 is 0 Å². The largest absolute Gasteiger partial charge is 0.423 e. The molecule has 0 spiro atoms. The molecule has 0 atom stereocenters. The number of amides is 2. The molecule has 12 nitrogen and oxygen atoms in total. The average molecular weight is 553 g/mol. The van der Waals surface area contributed by atoms with Crippen molar-refractivity contribution in [1.82, 2.24) is 10.6 Å². The van der Waals surface area contributed by atoms with Gasteiger partial charge in [-0.2, -0.15) is 0 Å². The molecule has 0 heterocycles. The summed E-state index contributed by atoms with van der Waals surface area (Å²) >= 11 is 0. The Bertz CT molecular complexity index is 1260. The SMILES string of the molecule is CC(=O)Oc1ccc(/C=C/C(=O)NCCNC(=O)/C=C/c2ccc(OC(C)=O)c(OC(C)=O)c2)cc1OC(C)=O. The molecule has 210 valence electrons. The molecular formula is C28H28N2O10. The summed E-state index contributed by atoms with van der Waals surface area (Å²) in [7, 11) is 0. The van der Waals surface area contributed by atoms with Crippen LogP contribution >= 0.6 is 0 Å². The minimum absolute atomic E-state index is 0.0314. The number of carbonyl (C=O) groups excluding carboxylic acids is 6. The van der Waals surface area contributed by atoms with Crippen LogP contribution in [0.25, 0.3) is 12.2 Å². The first kappa shape index (κ1) is 31.0. The van der Waals surface area contributed by atoms with Gasteiger partial charge in [0.1, 0.15) is 0 Å². The van der Waals surface area contributed by atoms with Crippen LogP contribution in [0, 0.1) is 0 Å². The summed E-state index contributed by atoms with van der Waals surface area (Å²) in [5.41, 5.74) is 1.02. The third-order valence-electron chi connectivity index (χ3n) is 4.53. The molecule has 0 aliphatic rings. The summed E-state index contributed by atoms with van der Waals surface area (Å²) in [5.74, 6) is -3.04. The van der Waals surface area contributed by atoms with Gasteiger partial charge in [-0.05, 0) is 47.5 Å². The van der Waals surface area contributed by atoms with Crippen molar-refractivity contribution in [2.75, 3.05) is 13.1 Å². The number of esters is 4. The third-order valence-corrected chi connectivity index (χ3v) is 4.53. The van der Waals surface area contributed by atoms with Gasteiger partial charge in [-0.1, -0.05) is 12.1 Å². The lowest BCUT2D eigenvalue weighted by Crippen LogP contribution is -2.33. The van der Waals surface area contributed by atoms with Crippen molar-refractivity contribution in [2.24, 2.45) is 0 Å². The van der Waals surface area contributed by atoms with E-state index in [1.54, 1.807) is 12.1 Å². The second kappa shape index (κ2) is 15.2. The van der Waals surface area contributed by atoms with Crippen LogP contribution in [0.3, 0.4) is 0 Å². The topological polar surface area (TPSA) is 163 Å². The molecular weight excluding hydrogens is 524 g/mol. The predicted octanol–water partition coefficient (Wildman–Crippen LogP) is 2.35. The first-order valence-electron chi connectivity index (χ1n) is 11.9. The van der Waals surface area contributed by atoms with Gasteiger partial charge in [0, 0.05) is 52.9 Å². The molecule has 2 N–H and O–H groups in total. The fourth-order valence-corrected chi connectivity index (χ4v) is 3.04. The van der Waals surface area contributed by atoms with Crippen molar-refractivity contribution in [3.63, 3.8) is 0 Å². The number of hydrogen-bond donors (Lipinski definition) is 2. The highest BCUT2D eigenvalue weighted by atomic mass is 16.6. The maximum absolute atomic E-state index is 12.1. The van der Waals surface area contributed by atoms with Gasteiger partial charge in [0.05, 0.1) is 0 Å². The Morgan fingerprint density at radius 1 is 0.550 bits per heavy atom. The molecule has 0 aliphatic carbocycles. The Kier molecular flexibility index (Phi) is 11.8. The summed E-state index contributed by atoms with van der Waals surface area (Å²) in [6.07, 6.45) is 5.44. The Morgan fingerprint density at radius 3 is 1.20 bits per heavy atom. The van der Waals surface area contributed by atoms with E-state index in [0.29, 0.717) is 11.1 Å². The summed E-state index contributed by atoms with van der Waals surface area (Å²) < 4.78 is 20.1. The molecule has 2 aromatic rings. The second-order valence-electron chi connectivity index (χ2n) is 8.04. The van der Waals surface area contributed by atoms with Crippen molar-refractivity contribution < 1.29 is 47.7 Å².